The first kappa shape index (κ1) is 14.4. The Kier molecular flexibility index (Phi) is 3.27. The number of ether oxygens (including phenoxy) is 1. The van der Waals surface area contributed by atoms with E-state index in [9.17, 15) is 17.7 Å². The number of rotatable bonds is 1. The highest BCUT2D eigenvalue weighted by molar-refractivity contribution is 6.76. The van der Waals surface area contributed by atoms with Crippen LogP contribution in [-0.2, 0) is 4.74 Å². The van der Waals surface area contributed by atoms with Crippen molar-refractivity contribution < 1.29 is 22.5 Å². The zero-order valence-corrected chi connectivity index (χ0v) is 11.2. The molecule has 0 unspecified atom stereocenters. The minimum atomic E-state index is -5.23. The molecular formula is C12H13BF3N2O2-. The number of hydrogen-bond acceptors (Lipinski definition) is 3. The van der Waals surface area contributed by atoms with Crippen LogP contribution in [0.3, 0.4) is 0 Å². The first-order chi connectivity index (χ1) is 9.09. The van der Waals surface area contributed by atoms with Crippen molar-refractivity contribution >= 4 is 29.4 Å². The summed E-state index contributed by atoms with van der Waals surface area (Å²) < 4.78 is 45.0. The average Bonchev–Trinajstić information content (AvgIpc) is 2.65. The van der Waals surface area contributed by atoms with E-state index in [1.54, 1.807) is 20.8 Å². The smallest absolute Gasteiger partial charge is 0.445 e. The van der Waals surface area contributed by atoms with E-state index >= 15 is 0 Å². The van der Waals surface area contributed by atoms with Crippen LogP contribution in [-0.4, -0.2) is 28.2 Å². The van der Waals surface area contributed by atoms with E-state index in [1.165, 1.54) is 12.3 Å². The van der Waals surface area contributed by atoms with Gasteiger partial charge in [0.2, 0.25) is 0 Å². The summed E-state index contributed by atoms with van der Waals surface area (Å²) in [5.74, 6) is 0. The Morgan fingerprint density at radius 1 is 1.35 bits per heavy atom. The van der Waals surface area contributed by atoms with Gasteiger partial charge in [-0.3, -0.25) is 9.55 Å². The van der Waals surface area contributed by atoms with Crippen LogP contribution in [0.25, 0.3) is 10.9 Å². The topological polar surface area (TPSA) is 44.1 Å². The Hall–Kier alpha value is -1.99. The molecule has 0 amide bonds. The molecule has 2 heterocycles. The largest absolute Gasteiger partial charge is 0.511 e. The van der Waals surface area contributed by atoms with E-state index in [4.69, 9.17) is 4.74 Å². The van der Waals surface area contributed by atoms with Gasteiger partial charge in [-0.05, 0) is 38.4 Å². The van der Waals surface area contributed by atoms with E-state index in [0.717, 1.165) is 17.0 Å². The number of carbonyl (C=O) groups is 1. The fraction of sp³-hybridized carbons (Fsp3) is 0.333. The number of halogens is 3. The molecule has 0 aliphatic rings. The van der Waals surface area contributed by atoms with Crippen LogP contribution in [0.15, 0.2) is 24.7 Å². The van der Waals surface area contributed by atoms with Gasteiger partial charge in [-0.25, -0.2) is 4.79 Å². The van der Waals surface area contributed by atoms with Crippen LogP contribution < -0.4 is 5.46 Å². The highest BCUT2D eigenvalue weighted by Crippen LogP contribution is 2.20. The third-order valence-corrected chi connectivity index (χ3v) is 2.58. The zero-order valence-electron chi connectivity index (χ0n) is 11.2. The highest BCUT2D eigenvalue weighted by atomic mass is 19.4. The normalized spacial score (nSPS) is 12.7. The van der Waals surface area contributed by atoms with Gasteiger partial charge in [0.15, 0.2) is 0 Å². The average molecular weight is 285 g/mol. The molecule has 108 valence electrons. The molecule has 0 fully saturated rings. The lowest BCUT2D eigenvalue weighted by Crippen LogP contribution is -2.34. The SMILES string of the molecule is CC(C)(C)OC(=O)n1cc([B-](F)(F)F)c2cnccc21. The molecule has 0 aromatic carbocycles. The summed E-state index contributed by atoms with van der Waals surface area (Å²) in [6, 6.07) is 1.35. The molecule has 20 heavy (non-hydrogen) atoms. The summed E-state index contributed by atoms with van der Waals surface area (Å²) in [6.45, 7) is -0.294. The van der Waals surface area contributed by atoms with Crippen molar-refractivity contribution in [3.8, 4) is 0 Å². The molecule has 0 saturated carbocycles. The molecule has 2 aromatic rings. The van der Waals surface area contributed by atoms with E-state index in [0.29, 0.717) is 0 Å². The summed E-state index contributed by atoms with van der Waals surface area (Å²) in [7, 11) is 0. The minimum absolute atomic E-state index is 0.106. The van der Waals surface area contributed by atoms with Crippen LogP contribution in [0.2, 0.25) is 0 Å². The lowest BCUT2D eigenvalue weighted by molar-refractivity contribution is 0.0544. The number of carbonyl (C=O) groups excluding carboxylic acids is 1. The van der Waals surface area contributed by atoms with Crippen molar-refractivity contribution in [1.82, 2.24) is 9.55 Å². The first-order valence-electron chi connectivity index (χ1n) is 5.98. The van der Waals surface area contributed by atoms with Gasteiger partial charge in [0.05, 0.1) is 5.52 Å². The summed E-state index contributed by atoms with van der Waals surface area (Å²) in [4.78, 5) is 15.7. The molecule has 0 N–H and O–H groups in total. The second-order valence-electron chi connectivity index (χ2n) is 5.40. The van der Waals surface area contributed by atoms with Crippen LogP contribution in [0.1, 0.15) is 20.8 Å². The Morgan fingerprint density at radius 3 is 2.55 bits per heavy atom. The van der Waals surface area contributed by atoms with Crippen molar-refractivity contribution in [2.45, 2.75) is 26.4 Å². The van der Waals surface area contributed by atoms with Gasteiger partial charge in [-0.15, -0.1) is 0 Å². The van der Waals surface area contributed by atoms with Gasteiger partial charge in [-0.2, -0.15) is 0 Å². The summed E-state index contributed by atoms with van der Waals surface area (Å²) in [5, 5.41) is -0.106. The van der Waals surface area contributed by atoms with Crippen molar-refractivity contribution in [3.63, 3.8) is 0 Å². The third-order valence-electron chi connectivity index (χ3n) is 2.58. The molecule has 0 saturated heterocycles. The number of aromatic nitrogens is 2. The van der Waals surface area contributed by atoms with Crippen LogP contribution >= 0.6 is 0 Å². The molecule has 0 atom stereocenters. The maximum absolute atomic E-state index is 13.0. The molecule has 2 aromatic heterocycles. The number of fused-ring (bicyclic) bond motifs is 1. The molecule has 0 aliphatic heterocycles. The fourth-order valence-electron chi connectivity index (χ4n) is 1.82. The Balaban J connectivity index is 2.58. The van der Waals surface area contributed by atoms with Crippen molar-refractivity contribution in [3.05, 3.63) is 24.7 Å². The van der Waals surface area contributed by atoms with Crippen LogP contribution in [0.5, 0.6) is 0 Å². The molecule has 0 aliphatic carbocycles. The zero-order chi connectivity index (χ0) is 15.1. The van der Waals surface area contributed by atoms with Crippen LogP contribution in [0, 0.1) is 0 Å². The molecule has 2 rings (SSSR count). The van der Waals surface area contributed by atoms with Gasteiger partial charge in [-0.1, -0.05) is 5.46 Å². The van der Waals surface area contributed by atoms with Gasteiger partial charge in [0.25, 0.3) is 0 Å². The number of hydrogen-bond donors (Lipinski definition) is 0. The summed E-state index contributed by atoms with van der Waals surface area (Å²) >= 11 is 0. The van der Waals surface area contributed by atoms with Gasteiger partial charge < -0.3 is 17.7 Å². The van der Waals surface area contributed by atoms with Gasteiger partial charge >= 0.3 is 13.1 Å². The maximum atomic E-state index is 13.0. The van der Waals surface area contributed by atoms with Crippen molar-refractivity contribution in [2.75, 3.05) is 0 Å². The predicted molar refractivity (Wildman–Crippen MR) is 70.1 cm³/mol. The summed E-state index contributed by atoms with van der Waals surface area (Å²) in [5.41, 5.74) is -1.51. The first-order valence-corrected chi connectivity index (χ1v) is 5.98. The Morgan fingerprint density at radius 2 is 2.00 bits per heavy atom. The quantitative estimate of drug-likeness (QED) is 0.757. The molecular weight excluding hydrogens is 272 g/mol. The van der Waals surface area contributed by atoms with Gasteiger partial charge in [0, 0.05) is 12.4 Å². The monoisotopic (exact) mass is 285 g/mol. The Bertz CT molecular complexity index is 659. The summed E-state index contributed by atoms with van der Waals surface area (Å²) in [6.07, 6.45) is 2.34. The lowest BCUT2D eigenvalue weighted by Gasteiger charge is -2.19. The fourth-order valence-corrected chi connectivity index (χ4v) is 1.82. The molecule has 0 radical (unpaired) electrons. The lowest BCUT2D eigenvalue weighted by atomic mass is 9.80. The molecule has 0 bridgehead atoms. The number of pyridine rings is 1. The number of nitrogens with zero attached hydrogens (tertiary/aromatic N) is 2. The maximum Gasteiger partial charge on any atom is 0.511 e. The Labute approximate surface area is 113 Å². The van der Waals surface area contributed by atoms with E-state index in [2.05, 4.69) is 4.98 Å². The van der Waals surface area contributed by atoms with Crippen molar-refractivity contribution in [1.29, 1.82) is 0 Å². The standard InChI is InChI=1S/C12H13BF3N2O2/c1-12(2,3)20-11(19)18-7-9(13(14,15)16)8-6-17-5-4-10(8)18/h4-7H,1-3H3/q-1. The van der Waals surface area contributed by atoms with E-state index in [-0.39, 0.29) is 10.9 Å². The molecule has 0 spiro atoms. The molecule has 8 heteroatoms. The van der Waals surface area contributed by atoms with Crippen molar-refractivity contribution in [2.24, 2.45) is 0 Å². The highest BCUT2D eigenvalue weighted by Gasteiger charge is 2.31. The van der Waals surface area contributed by atoms with E-state index < -0.39 is 24.1 Å². The van der Waals surface area contributed by atoms with E-state index in [1.807, 2.05) is 0 Å². The third kappa shape index (κ3) is 2.78. The minimum Gasteiger partial charge on any atom is -0.445 e. The second kappa shape index (κ2) is 4.54. The second-order valence-corrected chi connectivity index (χ2v) is 5.40. The van der Waals surface area contributed by atoms with Crippen LogP contribution in [0.4, 0.5) is 17.7 Å². The molecule has 4 nitrogen and oxygen atoms in total. The van der Waals surface area contributed by atoms with Gasteiger partial charge in [0.1, 0.15) is 5.60 Å². The predicted octanol–water partition coefficient (Wildman–Crippen LogP) is 2.87.